The van der Waals surface area contributed by atoms with Crippen molar-refractivity contribution in [2.45, 2.75) is 27.4 Å². The minimum absolute atomic E-state index is 0.385. The average Bonchev–Trinajstić information content (AvgIpc) is 2.82. The molecule has 0 bridgehead atoms. The lowest BCUT2D eigenvalue weighted by atomic mass is 10.1. The van der Waals surface area contributed by atoms with Gasteiger partial charge >= 0.3 is 11.8 Å². The highest BCUT2D eigenvalue weighted by atomic mass is 79.9. The molecule has 0 spiro atoms. The number of carbonyl (C=O) groups excluding carboxylic acids is 2. The van der Waals surface area contributed by atoms with Crippen LogP contribution in [0.5, 0.6) is 11.5 Å². The van der Waals surface area contributed by atoms with Gasteiger partial charge in [-0.2, -0.15) is 5.10 Å². The summed E-state index contributed by atoms with van der Waals surface area (Å²) in [6.07, 6.45) is 1.41. The van der Waals surface area contributed by atoms with Crippen LogP contribution in [0.25, 0.3) is 0 Å². The van der Waals surface area contributed by atoms with E-state index in [2.05, 4.69) is 31.8 Å². The van der Waals surface area contributed by atoms with E-state index < -0.39 is 11.8 Å². The van der Waals surface area contributed by atoms with Gasteiger partial charge in [0, 0.05) is 10.7 Å². The van der Waals surface area contributed by atoms with E-state index in [1.807, 2.05) is 38.1 Å². The molecular formula is C26H25BrClN3O4. The van der Waals surface area contributed by atoms with Gasteiger partial charge in [-0.3, -0.25) is 9.59 Å². The summed E-state index contributed by atoms with van der Waals surface area (Å²) in [5.74, 6) is -0.684. The smallest absolute Gasteiger partial charge is 0.329 e. The number of carbonyl (C=O) groups is 2. The van der Waals surface area contributed by atoms with E-state index >= 15 is 0 Å². The number of nitrogens with one attached hydrogen (secondary N) is 2. The molecule has 0 heterocycles. The number of hydrazone groups is 1. The first-order valence-electron chi connectivity index (χ1n) is 10.8. The molecule has 2 N–H and O–H groups in total. The third kappa shape index (κ3) is 7.07. The van der Waals surface area contributed by atoms with Crippen LogP contribution in [0.3, 0.4) is 0 Å². The summed E-state index contributed by atoms with van der Waals surface area (Å²) in [5, 5.41) is 6.90. The maximum absolute atomic E-state index is 12.2. The van der Waals surface area contributed by atoms with Crippen LogP contribution in [-0.2, 0) is 16.2 Å². The van der Waals surface area contributed by atoms with Gasteiger partial charge in [-0.25, -0.2) is 5.43 Å². The number of aryl methyl sites for hydroxylation is 1. The Labute approximate surface area is 217 Å². The Morgan fingerprint density at radius 1 is 1.06 bits per heavy atom. The lowest BCUT2D eigenvalue weighted by Crippen LogP contribution is -2.32. The number of ether oxygens (including phenoxy) is 2. The van der Waals surface area contributed by atoms with Crippen LogP contribution >= 0.6 is 27.5 Å². The molecule has 0 aliphatic carbocycles. The molecule has 0 atom stereocenters. The van der Waals surface area contributed by atoms with Crippen molar-refractivity contribution in [2.24, 2.45) is 5.10 Å². The van der Waals surface area contributed by atoms with Crippen molar-refractivity contribution in [3.8, 4) is 11.5 Å². The first-order chi connectivity index (χ1) is 16.8. The summed E-state index contributed by atoms with van der Waals surface area (Å²) in [6.45, 7) is 6.47. The third-order valence-corrected chi connectivity index (χ3v) is 6.07. The Hall–Kier alpha value is -3.36. The molecule has 7 nitrogen and oxygen atoms in total. The van der Waals surface area contributed by atoms with Gasteiger partial charge in [0.2, 0.25) is 0 Å². The van der Waals surface area contributed by atoms with Crippen LogP contribution in [0.4, 0.5) is 5.69 Å². The molecule has 9 heteroatoms. The number of halogens is 2. The number of amides is 2. The van der Waals surface area contributed by atoms with Crippen LogP contribution < -0.4 is 20.2 Å². The average molecular weight is 559 g/mol. The fourth-order valence-electron chi connectivity index (χ4n) is 3.13. The van der Waals surface area contributed by atoms with Gasteiger partial charge in [0.25, 0.3) is 0 Å². The summed E-state index contributed by atoms with van der Waals surface area (Å²) >= 11 is 9.57. The van der Waals surface area contributed by atoms with Crippen molar-refractivity contribution >= 4 is 51.2 Å². The van der Waals surface area contributed by atoms with Gasteiger partial charge in [-0.15, -0.1) is 0 Å². The number of benzene rings is 3. The topological polar surface area (TPSA) is 89.0 Å². The predicted molar refractivity (Wildman–Crippen MR) is 141 cm³/mol. The highest BCUT2D eigenvalue weighted by Crippen LogP contribution is 2.37. The van der Waals surface area contributed by atoms with Gasteiger partial charge in [0.15, 0.2) is 11.5 Å². The maximum Gasteiger partial charge on any atom is 0.329 e. The minimum Gasteiger partial charge on any atom is -0.490 e. The third-order valence-electron chi connectivity index (χ3n) is 5.07. The zero-order valence-electron chi connectivity index (χ0n) is 19.5. The molecule has 0 unspecified atom stereocenters. The minimum atomic E-state index is -0.914. The van der Waals surface area contributed by atoms with Crippen molar-refractivity contribution in [2.75, 3.05) is 11.9 Å². The first kappa shape index (κ1) is 26.2. The summed E-state index contributed by atoms with van der Waals surface area (Å²) in [5.41, 5.74) is 6.18. The molecule has 0 radical (unpaired) electrons. The van der Waals surface area contributed by atoms with Crippen molar-refractivity contribution in [1.29, 1.82) is 0 Å². The number of nitrogens with zero attached hydrogens (tertiary/aromatic N) is 1. The Kier molecular flexibility index (Phi) is 9.28. The molecule has 2 amide bonds. The van der Waals surface area contributed by atoms with Crippen LogP contribution in [0, 0.1) is 13.8 Å². The van der Waals surface area contributed by atoms with Crippen LogP contribution in [0.1, 0.15) is 29.2 Å². The molecule has 3 aromatic rings. The van der Waals surface area contributed by atoms with Gasteiger partial charge < -0.3 is 14.8 Å². The fraction of sp³-hybridized carbons (Fsp3) is 0.192. The second kappa shape index (κ2) is 12.4. The predicted octanol–water partition coefficient (Wildman–Crippen LogP) is 5.79. The molecule has 0 fully saturated rings. The summed E-state index contributed by atoms with van der Waals surface area (Å²) < 4.78 is 12.5. The number of rotatable bonds is 8. The normalized spacial score (nSPS) is 10.8. The molecule has 3 aromatic carbocycles. The Balaban J connectivity index is 1.67. The Morgan fingerprint density at radius 2 is 1.83 bits per heavy atom. The summed E-state index contributed by atoms with van der Waals surface area (Å²) in [4.78, 5) is 24.3. The highest BCUT2D eigenvalue weighted by Gasteiger charge is 2.15. The van der Waals surface area contributed by atoms with Crippen molar-refractivity contribution in [3.63, 3.8) is 0 Å². The zero-order chi connectivity index (χ0) is 25.4. The number of anilines is 1. The number of hydrogen-bond acceptors (Lipinski definition) is 5. The molecule has 35 heavy (non-hydrogen) atoms. The largest absolute Gasteiger partial charge is 0.490 e. The first-order valence-corrected chi connectivity index (χ1v) is 12.0. The Morgan fingerprint density at radius 3 is 2.57 bits per heavy atom. The zero-order valence-corrected chi connectivity index (χ0v) is 21.9. The van der Waals surface area contributed by atoms with E-state index in [-0.39, 0.29) is 0 Å². The Bertz CT molecular complexity index is 1260. The van der Waals surface area contributed by atoms with Crippen molar-refractivity contribution in [3.05, 3.63) is 86.3 Å². The van der Waals surface area contributed by atoms with Gasteiger partial charge in [-0.05, 0) is 83.2 Å². The quantitative estimate of drug-likeness (QED) is 0.208. The maximum atomic E-state index is 12.2. The van der Waals surface area contributed by atoms with Crippen LogP contribution in [0.15, 0.2) is 64.2 Å². The molecule has 0 aliphatic rings. The van der Waals surface area contributed by atoms with Gasteiger partial charge in [-0.1, -0.05) is 41.9 Å². The SMILES string of the molecule is CCOc1cc(/C=N/NC(=O)C(=O)Nc2cccc(Cl)c2C)cc(Br)c1OCc1ccccc1C. The summed E-state index contributed by atoms with van der Waals surface area (Å²) in [6, 6.07) is 16.6. The molecule has 0 saturated heterocycles. The second-order valence-corrected chi connectivity index (χ2v) is 8.81. The van der Waals surface area contributed by atoms with Gasteiger partial charge in [0.1, 0.15) is 6.61 Å². The standard InChI is InChI=1S/C26H25BrClN3O4/c1-4-34-23-13-18(12-20(27)24(23)35-15-19-9-6-5-8-16(19)2)14-29-31-26(33)25(32)30-22-11-7-10-21(28)17(22)3/h5-14H,4,15H2,1-3H3,(H,30,32)(H,31,33)/b29-14+. The molecule has 0 aromatic heterocycles. The lowest BCUT2D eigenvalue weighted by Gasteiger charge is -2.15. The van der Waals surface area contributed by atoms with E-state index in [1.165, 1.54) is 6.21 Å². The van der Waals surface area contributed by atoms with E-state index in [1.54, 1.807) is 37.3 Å². The van der Waals surface area contributed by atoms with Gasteiger partial charge in [0.05, 0.1) is 17.3 Å². The molecule has 3 rings (SSSR count). The van der Waals surface area contributed by atoms with E-state index in [0.717, 1.165) is 11.1 Å². The second-order valence-electron chi connectivity index (χ2n) is 7.54. The fourth-order valence-corrected chi connectivity index (χ4v) is 3.87. The molecule has 182 valence electrons. The van der Waals surface area contributed by atoms with E-state index in [9.17, 15) is 9.59 Å². The van der Waals surface area contributed by atoms with E-state index in [4.69, 9.17) is 21.1 Å². The summed E-state index contributed by atoms with van der Waals surface area (Å²) in [7, 11) is 0. The molecule has 0 aliphatic heterocycles. The lowest BCUT2D eigenvalue weighted by molar-refractivity contribution is -0.136. The van der Waals surface area contributed by atoms with Crippen molar-refractivity contribution in [1.82, 2.24) is 5.43 Å². The van der Waals surface area contributed by atoms with Crippen molar-refractivity contribution < 1.29 is 19.1 Å². The molecule has 0 saturated carbocycles. The molecular weight excluding hydrogens is 534 g/mol. The van der Waals surface area contributed by atoms with Crippen LogP contribution in [-0.4, -0.2) is 24.6 Å². The highest BCUT2D eigenvalue weighted by molar-refractivity contribution is 9.10. The van der Waals surface area contributed by atoms with E-state index in [0.29, 0.717) is 51.0 Å². The van der Waals surface area contributed by atoms with Crippen LogP contribution in [0.2, 0.25) is 5.02 Å². The number of hydrogen-bond donors (Lipinski definition) is 2. The monoisotopic (exact) mass is 557 g/mol.